The number of ether oxygens (including phenoxy) is 1. The summed E-state index contributed by atoms with van der Waals surface area (Å²) in [5.41, 5.74) is 4.72. The summed E-state index contributed by atoms with van der Waals surface area (Å²) in [5, 5.41) is 0. The molecule has 1 heterocycles. The molecule has 0 aromatic carbocycles. The Morgan fingerprint density at radius 1 is 1.10 bits per heavy atom. The standard InChI is InChI=1S/C24H38N2O4/c1-15-5-4-6-26(14-15)19(27)12-23(2,3)13-20(28)30-21-18-8-16-7-17(9-18)11-24(21,10-16)22(25)29/h15-18,21H,4-14H2,1-3H3,(H2,25,29). The van der Waals surface area contributed by atoms with Crippen LogP contribution in [-0.4, -0.2) is 41.9 Å². The molecule has 1 saturated heterocycles. The lowest BCUT2D eigenvalue weighted by atomic mass is 9.48. The minimum atomic E-state index is -0.672. The molecular formula is C24H38N2O4. The predicted octanol–water partition coefficient (Wildman–Crippen LogP) is 3.27. The van der Waals surface area contributed by atoms with Crippen LogP contribution in [0.3, 0.4) is 0 Å². The van der Waals surface area contributed by atoms with Crippen molar-refractivity contribution in [3.05, 3.63) is 0 Å². The van der Waals surface area contributed by atoms with E-state index in [1.165, 1.54) is 12.8 Å². The average molecular weight is 419 g/mol. The Kier molecular flexibility index (Phi) is 5.65. The first-order valence-corrected chi connectivity index (χ1v) is 11.9. The second-order valence-electron chi connectivity index (χ2n) is 11.6. The van der Waals surface area contributed by atoms with Crippen molar-refractivity contribution in [2.45, 2.75) is 84.7 Å². The lowest BCUT2D eigenvalue weighted by Crippen LogP contribution is -2.62. The molecule has 6 nitrogen and oxygen atoms in total. The van der Waals surface area contributed by atoms with Crippen LogP contribution in [0.2, 0.25) is 0 Å². The lowest BCUT2D eigenvalue weighted by Gasteiger charge is -2.58. The SMILES string of the molecule is CC1CCCN(C(=O)CC(C)(C)CC(=O)OC2C3CC4CC(C3)CC2(C(N)=O)C4)C1. The second kappa shape index (κ2) is 7.83. The number of hydrogen-bond donors (Lipinski definition) is 1. The molecule has 30 heavy (non-hydrogen) atoms. The fourth-order valence-corrected chi connectivity index (χ4v) is 7.12. The number of primary amides is 1. The zero-order valence-electron chi connectivity index (χ0n) is 18.8. The molecule has 4 bridgehead atoms. The molecule has 5 aliphatic rings. The van der Waals surface area contributed by atoms with E-state index < -0.39 is 10.8 Å². The summed E-state index contributed by atoms with van der Waals surface area (Å²) in [5.74, 6) is 1.43. The van der Waals surface area contributed by atoms with Gasteiger partial charge in [-0.25, -0.2) is 0 Å². The number of piperidine rings is 1. The quantitative estimate of drug-likeness (QED) is 0.670. The first kappa shape index (κ1) is 21.6. The van der Waals surface area contributed by atoms with Crippen molar-refractivity contribution in [1.29, 1.82) is 0 Å². The first-order valence-electron chi connectivity index (χ1n) is 11.9. The predicted molar refractivity (Wildman–Crippen MR) is 113 cm³/mol. The number of hydrogen-bond acceptors (Lipinski definition) is 4. The maximum absolute atomic E-state index is 12.9. The van der Waals surface area contributed by atoms with Gasteiger partial charge in [0.05, 0.1) is 11.8 Å². The van der Waals surface area contributed by atoms with Crippen LogP contribution in [0, 0.1) is 34.5 Å². The van der Waals surface area contributed by atoms with E-state index in [0.29, 0.717) is 24.2 Å². The molecule has 4 saturated carbocycles. The number of carbonyl (C=O) groups excluding carboxylic acids is 3. The highest BCUT2D eigenvalue weighted by atomic mass is 16.5. The normalized spacial score (nSPS) is 37.8. The van der Waals surface area contributed by atoms with Gasteiger partial charge in [-0.2, -0.15) is 0 Å². The molecule has 0 spiro atoms. The summed E-state index contributed by atoms with van der Waals surface area (Å²) in [4.78, 5) is 40.1. The van der Waals surface area contributed by atoms with Crippen LogP contribution in [-0.2, 0) is 19.1 Å². The van der Waals surface area contributed by atoms with Crippen LogP contribution in [0.1, 0.15) is 78.6 Å². The van der Waals surface area contributed by atoms with Gasteiger partial charge in [0.1, 0.15) is 6.10 Å². The van der Waals surface area contributed by atoms with Crippen LogP contribution < -0.4 is 5.73 Å². The highest BCUT2D eigenvalue weighted by Crippen LogP contribution is 2.61. The molecule has 0 aromatic heterocycles. The van der Waals surface area contributed by atoms with E-state index in [9.17, 15) is 14.4 Å². The Bertz CT molecular complexity index is 704. The van der Waals surface area contributed by atoms with Gasteiger partial charge in [0.2, 0.25) is 11.8 Å². The molecule has 4 atom stereocenters. The van der Waals surface area contributed by atoms with Crippen molar-refractivity contribution < 1.29 is 19.1 Å². The summed E-state index contributed by atoms with van der Waals surface area (Å²) in [6, 6.07) is 0. The molecule has 1 aliphatic heterocycles. The number of likely N-dealkylation sites (tertiary alicyclic amines) is 1. The Morgan fingerprint density at radius 2 is 1.77 bits per heavy atom. The molecule has 5 rings (SSSR count). The number of esters is 1. The summed E-state index contributed by atoms with van der Waals surface area (Å²) < 4.78 is 6.01. The first-order chi connectivity index (χ1) is 14.1. The van der Waals surface area contributed by atoms with Gasteiger partial charge in [-0.3, -0.25) is 14.4 Å². The van der Waals surface area contributed by atoms with Crippen molar-refractivity contribution in [2.24, 2.45) is 40.2 Å². The highest BCUT2D eigenvalue weighted by Gasteiger charge is 2.61. The van der Waals surface area contributed by atoms with Gasteiger partial charge >= 0.3 is 5.97 Å². The van der Waals surface area contributed by atoms with Crippen molar-refractivity contribution in [3.63, 3.8) is 0 Å². The van der Waals surface area contributed by atoms with Crippen LogP contribution in [0.15, 0.2) is 0 Å². The molecular weight excluding hydrogens is 380 g/mol. The topological polar surface area (TPSA) is 89.7 Å². The van der Waals surface area contributed by atoms with E-state index >= 15 is 0 Å². The van der Waals surface area contributed by atoms with E-state index in [2.05, 4.69) is 6.92 Å². The second-order valence-corrected chi connectivity index (χ2v) is 11.6. The number of nitrogens with two attached hydrogens (primary N) is 1. The Balaban J connectivity index is 1.37. The van der Waals surface area contributed by atoms with E-state index in [1.807, 2.05) is 18.7 Å². The number of rotatable bonds is 6. The summed E-state index contributed by atoms with van der Waals surface area (Å²) in [6.07, 6.45) is 7.17. The fourth-order valence-electron chi connectivity index (χ4n) is 7.12. The lowest BCUT2D eigenvalue weighted by molar-refractivity contribution is -0.197. The summed E-state index contributed by atoms with van der Waals surface area (Å²) in [7, 11) is 0. The third kappa shape index (κ3) is 4.11. The Morgan fingerprint density at radius 3 is 2.37 bits per heavy atom. The van der Waals surface area contributed by atoms with E-state index in [1.54, 1.807) is 0 Å². The van der Waals surface area contributed by atoms with Crippen LogP contribution in [0.5, 0.6) is 0 Å². The zero-order chi connectivity index (χ0) is 21.7. The molecule has 4 unspecified atom stereocenters. The van der Waals surface area contributed by atoms with Crippen molar-refractivity contribution in [2.75, 3.05) is 13.1 Å². The third-order valence-corrected chi connectivity index (χ3v) is 8.23. The molecule has 0 aromatic rings. The molecule has 168 valence electrons. The van der Waals surface area contributed by atoms with Crippen LogP contribution >= 0.6 is 0 Å². The maximum atomic E-state index is 12.9. The van der Waals surface area contributed by atoms with Gasteiger partial charge in [-0.05, 0) is 74.0 Å². The van der Waals surface area contributed by atoms with E-state index in [4.69, 9.17) is 10.5 Å². The molecule has 5 fully saturated rings. The molecule has 4 aliphatic carbocycles. The molecule has 2 amide bonds. The fraction of sp³-hybridized carbons (Fsp3) is 0.875. The van der Waals surface area contributed by atoms with Crippen molar-refractivity contribution in [3.8, 4) is 0 Å². The largest absolute Gasteiger partial charge is 0.461 e. The van der Waals surface area contributed by atoms with Gasteiger partial charge in [0.25, 0.3) is 0 Å². The van der Waals surface area contributed by atoms with Crippen molar-refractivity contribution in [1.82, 2.24) is 4.90 Å². The van der Waals surface area contributed by atoms with Gasteiger partial charge in [0.15, 0.2) is 0 Å². The van der Waals surface area contributed by atoms with Gasteiger partial charge in [-0.1, -0.05) is 20.8 Å². The van der Waals surface area contributed by atoms with Crippen molar-refractivity contribution >= 4 is 17.8 Å². The van der Waals surface area contributed by atoms with Crippen LogP contribution in [0.25, 0.3) is 0 Å². The zero-order valence-corrected chi connectivity index (χ0v) is 18.8. The van der Waals surface area contributed by atoms with Gasteiger partial charge in [0, 0.05) is 19.5 Å². The van der Waals surface area contributed by atoms with Gasteiger partial charge in [-0.15, -0.1) is 0 Å². The maximum Gasteiger partial charge on any atom is 0.306 e. The van der Waals surface area contributed by atoms with Gasteiger partial charge < -0.3 is 15.4 Å². The summed E-state index contributed by atoms with van der Waals surface area (Å²) >= 11 is 0. The molecule has 0 radical (unpaired) electrons. The average Bonchev–Trinajstić information content (AvgIpc) is 2.63. The summed E-state index contributed by atoms with van der Waals surface area (Å²) in [6.45, 7) is 7.73. The van der Waals surface area contributed by atoms with E-state index in [0.717, 1.165) is 45.2 Å². The van der Waals surface area contributed by atoms with E-state index in [-0.39, 0.29) is 36.2 Å². The highest BCUT2D eigenvalue weighted by molar-refractivity contribution is 5.83. The minimum Gasteiger partial charge on any atom is -0.461 e. The number of carbonyl (C=O) groups is 3. The smallest absolute Gasteiger partial charge is 0.306 e. The molecule has 2 N–H and O–H groups in total. The monoisotopic (exact) mass is 418 g/mol. The molecule has 6 heteroatoms. The minimum absolute atomic E-state index is 0.127. The third-order valence-electron chi connectivity index (χ3n) is 8.23. The van der Waals surface area contributed by atoms with Crippen LogP contribution in [0.4, 0.5) is 0 Å². The number of nitrogens with zero attached hydrogens (tertiary/aromatic N) is 1. The Labute approximate surface area is 180 Å². The number of amides is 2. The Hall–Kier alpha value is -1.59.